The number of aldehydes is 1. The predicted octanol–water partition coefficient (Wildman–Crippen LogP) is 1.89. The van der Waals surface area contributed by atoms with Crippen molar-refractivity contribution in [3.05, 3.63) is 29.6 Å². The summed E-state index contributed by atoms with van der Waals surface area (Å²) in [5, 5.41) is 0. The quantitative estimate of drug-likeness (QED) is 0.574. The lowest BCUT2D eigenvalue weighted by atomic mass is 10.2. The maximum atomic E-state index is 12.9. The van der Waals surface area contributed by atoms with Gasteiger partial charge >= 0.3 is 0 Å². The highest BCUT2D eigenvalue weighted by molar-refractivity contribution is 5.79. The molecule has 1 aromatic carbocycles. The fraction of sp³-hybridized carbons (Fsp3) is 0.385. The second-order valence-electron chi connectivity index (χ2n) is 4.04. The van der Waals surface area contributed by atoms with Crippen molar-refractivity contribution >= 4 is 12.2 Å². The molecule has 18 heavy (non-hydrogen) atoms. The first-order valence-electron chi connectivity index (χ1n) is 5.62. The van der Waals surface area contributed by atoms with Crippen molar-refractivity contribution in [3.8, 4) is 5.75 Å². The summed E-state index contributed by atoms with van der Waals surface area (Å²) in [5.74, 6) is -0.121. The number of carbonyl (C=O) groups excluding carboxylic acids is 2. The van der Waals surface area contributed by atoms with Gasteiger partial charge in [0.1, 0.15) is 11.6 Å². The summed E-state index contributed by atoms with van der Waals surface area (Å²) in [6, 6.07) is 3.76. The van der Waals surface area contributed by atoms with Gasteiger partial charge in [-0.25, -0.2) is 4.39 Å². The summed E-state index contributed by atoms with van der Waals surface area (Å²) in [6.07, 6.45) is 1.47. The van der Waals surface area contributed by atoms with Crippen molar-refractivity contribution in [1.29, 1.82) is 0 Å². The lowest BCUT2D eigenvalue weighted by molar-refractivity contribution is -0.128. The molecule has 0 heterocycles. The van der Waals surface area contributed by atoms with Gasteiger partial charge in [-0.2, -0.15) is 0 Å². The molecule has 4 nitrogen and oxygen atoms in total. The van der Waals surface area contributed by atoms with Gasteiger partial charge in [0, 0.05) is 20.5 Å². The van der Waals surface area contributed by atoms with Crippen LogP contribution >= 0.6 is 0 Å². The van der Waals surface area contributed by atoms with Crippen molar-refractivity contribution in [2.24, 2.45) is 0 Å². The maximum absolute atomic E-state index is 12.9. The molecule has 0 spiro atoms. The minimum Gasteiger partial charge on any atom is -0.493 e. The third-order valence-electron chi connectivity index (χ3n) is 2.39. The van der Waals surface area contributed by atoms with Crippen molar-refractivity contribution in [1.82, 2.24) is 4.90 Å². The Morgan fingerprint density at radius 2 is 2.17 bits per heavy atom. The minimum absolute atomic E-state index is 0.0216. The van der Waals surface area contributed by atoms with Gasteiger partial charge in [-0.3, -0.25) is 9.59 Å². The average molecular weight is 253 g/mol. The molecule has 1 amide bonds. The lowest BCUT2D eigenvalue weighted by Gasteiger charge is -2.11. The molecule has 98 valence electrons. The van der Waals surface area contributed by atoms with Crippen LogP contribution in [0.15, 0.2) is 18.2 Å². The van der Waals surface area contributed by atoms with Gasteiger partial charge in [-0.05, 0) is 24.6 Å². The Morgan fingerprint density at radius 1 is 1.44 bits per heavy atom. The molecule has 0 aliphatic carbocycles. The molecule has 0 saturated carbocycles. The first kappa shape index (κ1) is 14.2. The van der Waals surface area contributed by atoms with Crippen molar-refractivity contribution < 1.29 is 18.7 Å². The van der Waals surface area contributed by atoms with E-state index in [0.717, 1.165) is 6.07 Å². The summed E-state index contributed by atoms with van der Waals surface area (Å²) in [4.78, 5) is 23.5. The van der Waals surface area contributed by atoms with E-state index < -0.39 is 5.82 Å². The summed E-state index contributed by atoms with van der Waals surface area (Å²) in [6.45, 7) is 0.312. The molecule has 0 radical (unpaired) electrons. The fourth-order valence-electron chi connectivity index (χ4n) is 1.37. The number of halogens is 1. The van der Waals surface area contributed by atoms with Crippen LogP contribution in [0.4, 0.5) is 4.39 Å². The number of hydrogen-bond acceptors (Lipinski definition) is 3. The van der Waals surface area contributed by atoms with Gasteiger partial charge in [-0.1, -0.05) is 0 Å². The second kappa shape index (κ2) is 6.74. The standard InChI is InChI=1S/C13H16FNO3/c1-15(2)13(17)4-3-7-18-12-6-5-11(14)8-10(12)9-16/h5-6,8-9H,3-4,7H2,1-2H3. The molecule has 0 unspecified atom stereocenters. The van der Waals surface area contributed by atoms with Crippen LogP contribution in [0.2, 0.25) is 0 Å². The summed E-state index contributed by atoms with van der Waals surface area (Å²) in [7, 11) is 3.38. The van der Waals surface area contributed by atoms with E-state index in [1.54, 1.807) is 14.1 Å². The summed E-state index contributed by atoms with van der Waals surface area (Å²) in [5.41, 5.74) is 0.175. The molecule has 1 aromatic rings. The van der Waals surface area contributed by atoms with E-state index in [1.807, 2.05) is 0 Å². The van der Waals surface area contributed by atoms with Gasteiger partial charge in [0.2, 0.25) is 5.91 Å². The van der Waals surface area contributed by atoms with E-state index in [4.69, 9.17) is 4.74 Å². The molecule has 0 atom stereocenters. The fourth-order valence-corrected chi connectivity index (χ4v) is 1.37. The van der Waals surface area contributed by atoms with Crippen LogP contribution in [-0.4, -0.2) is 37.8 Å². The topological polar surface area (TPSA) is 46.6 Å². The van der Waals surface area contributed by atoms with Crippen LogP contribution in [0.3, 0.4) is 0 Å². The van der Waals surface area contributed by atoms with Crippen LogP contribution in [0, 0.1) is 5.82 Å². The lowest BCUT2D eigenvalue weighted by Crippen LogP contribution is -2.21. The van der Waals surface area contributed by atoms with E-state index in [2.05, 4.69) is 0 Å². The molecule has 1 rings (SSSR count). The highest BCUT2D eigenvalue weighted by atomic mass is 19.1. The predicted molar refractivity (Wildman–Crippen MR) is 65.2 cm³/mol. The van der Waals surface area contributed by atoms with E-state index >= 15 is 0 Å². The molecule has 0 aromatic heterocycles. The third-order valence-corrected chi connectivity index (χ3v) is 2.39. The van der Waals surface area contributed by atoms with Gasteiger partial charge in [0.05, 0.1) is 12.2 Å². The molecule has 0 bridgehead atoms. The summed E-state index contributed by atoms with van der Waals surface area (Å²) >= 11 is 0. The molecule has 0 aliphatic heterocycles. The molecule has 0 fully saturated rings. The van der Waals surface area contributed by atoms with E-state index in [-0.39, 0.29) is 11.5 Å². The van der Waals surface area contributed by atoms with Crippen LogP contribution in [-0.2, 0) is 4.79 Å². The Kier molecular flexibility index (Phi) is 5.30. The average Bonchev–Trinajstić information content (AvgIpc) is 2.35. The molecular weight excluding hydrogens is 237 g/mol. The van der Waals surface area contributed by atoms with Gasteiger partial charge in [-0.15, -0.1) is 0 Å². The molecule has 5 heteroatoms. The van der Waals surface area contributed by atoms with Crippen LogP contribution in [0.1, 0.15) is 23.2 Å². The first-order valence-corrected chi connectivity index (χ1v) is 5.62. The zero-order chi connectivity index (χ0) is 13.5. The van der Waals surface area contributed by atoms with E-state index in [1.165, 1.54) is 17.0 Å². The Balaban J connectivity index is 2.44. The van der Waals surface area contributed by atoms with E-state index in [9.17, 15) is 14.0 Å². The molecular formula is C13H16FNO3. The molecule has 0 N–H and O–H groups in total. The van der Waals surface area contributed by atoms with Crippen LogP contribution in [0.5, 0.6) is 5.75 Å². The van der Waals surface area contributed by atoms with Gasteiger partial charge in [0.25, 0.3) is 0 Å². The Bertz CT molecular complexity index is 432. The zero-order valence-corrected chi connectivity index (χ0v) is 10.5. The number of rotatable bonds is 6. The highest BCUT2D eigenvalue weighted by Gasteiger charge is 2.06. The molecule has 0 saturated heterocycles. The number of carbonyl (C=O) groups is 2. The second-order valence-corrected chi connectivity index (χ2v) is 4.04. The number of amides is 1. The Hall–Kier alpha value is -1.91. The van der Waals surface area contributed by atoms with Crippen LogP contribution < -0.4 is 4.74 Å². The third kappa shape index (κ3) is 4.16. The first-order chi connectivity index (χ1) is 8.54. The smallest absolute Gasteiger partial charge is 0.222 e. The monoisotopic (exact) mass is 253 g/mol. The SMILES string of the molecule is CN(C)C(=O)CCCOc1ccc(F)cc1C=O. The van der Waals surface area contributed by atoms with Gasteiger partial charge in [0.15, 0.2) is 6.29 Å². The van der Waals surface area contributed by atoms with Crippen molar-refractivity contribution in [2.75, 3.05) is 20.7 Å². The zero-order valence-electron chi connectivity index (χ0n) is 10.5. The maximum Gasteiger partial charge on any atom is 0.222 e. The normalized spacial score (nSPS) is 9.94. The number of hydrogen-bond donors (Lipinski definition) is 0. The Labute approximate surface area is 105 Å². The Morgan fingerprint density at radius 3 is 2.78 bits per heavy atom. The highest BCUT2D eigenvalue weighted by Crippen LogP contribution is 2.18. The number of ether oxygens (including phenoxy) is 1. The number of nitrogens with zero attached hydrogens (tertiary/aromatic N) is 1. The largest absolute Gasteiger partial charge is 0.493 e. The molecule has 0 aliphatic rings. The van der Waals surface area contributed by atoms with Gasteiger partial charge < -0.3 is 9.64 Å². The van der Waals surface area contributed by atoms with E-state index in [0.29, 0.717) is 31.5 Å². The summed E-state index contributed by atoms with van der Waals surface area (Å²) < 4.78 is 18.2. The number of benzene rings is 1. The van der Waals surface area contributed by atoms with Crippen molar-refractivity contribution in [2.45, 2.75) is 12.8 Å². The van der Waals surface area contributed by atoms with Crippen LogP contribution in [0.25, 0.3) is 0 Å². The van der Waals surface area contributed by atoms with Crippen molar-refractivity contribution in [3.63, 3.8) is 0 Å². The minimum atomic E-state index is -0.479.